The Kier molecular flexibility index (Phi) is 4.39. The zero-order valence-electron chi connectivity index (χ0n) is 8.21. The summed E-state index contributed by atoms with van der Waals surface area (Å²) < 4.78 is 0. The van der Waals surface area contributed by atoms with Gasteiger partial charge in [-0.15, -0.1) is 0 Å². The SMILES string of the molecule is NC(=O)CCCCNC(=O)C1CNC1. The summed E-state index contributed by atoms with van der Waals surface area (Å²) in [6, 6.07) is 0. The number of nitrogens with one attached hydrogen (secondary N) is 2. The van der Waals surface area contributed by atoms with Crippen molar-refractivity contribution in [3.63, 3.8) is 0 Å². The number of carbonyl (C=O) groups excluding carboxylic acids is 2. The van der Waals surface area contributed by atoms with E-state index in [2.05, 4.69) is 10.6 Å². The smallest absolute Gasteiger partial charge is 0.225 e. The highest BCUT2D eigenvalue weighted by molar-refractivity contribution is 5.79. The Morgan fingerprint density at radius 3 is 2.57 bits per heavy atom. The molecule has 5 nitrogen and oxygen atoms in total. The van der Waals surface area contributed by atoms with E-state index < -0.39 is 0 Å². The fraction of sp³-hybridized carbons (Fsp3) is 0.778. The van der Waals surface area contributed by atoms with Crippen LogP contribution >= 0.6 is 0 Å². The molecule has 0 aromatic heterocycles. The molecule has 1 saturated heterocycles. The fourth-order valence-corrected chi connectivity index (χ4v) is 1.25. The van der Waals surface area contributed by atoms with E-state index in [1.165, 1.54) is 0 Å². The number of hydrogen-bond donors (Lipinski definition) is 3. The van der Waals surface area contributed by atoms with Crippen LogP contribution in [0.1, 0.15) is 19.3 Å². The third-order valence-electron chi connectivity index (χ3n) is 2.30. The van der Waals surface area contributed by atoms with E-state index >= 15 is 0 Å². The van der Waals surface area contributed by atoms with Crippen molar-refractivity contribution < 1.29 is 9.59 Å². The molecule has 0 unspecified atom stereocenters. The molecule has 0 radical (unpaired) electrons. The van der Waals surface area contributed by atoms with Gasteiger partial charge in [0.25, 0.3) is 0 Å². The standard InChI is InChI=1S/C9H17N3O2/c10-8(13)3-1-2-4-12-9(14)7-5-11-6-7/h7,11H,1-6H2,(H2,10,13)(H,12,14). The molecule has 1 aliphatic rings. The average Bonchev–Trinajstić information content (AvgIpc) is 1.99. The molecule has 0 aliphatic carbocycles. The molecular weight excluding hydrogens is 182 g/mol. The van der Waals surface area contributed by atoms with Gasteiger partial charge in [0.05, 0.1) is 5.92 Å². The minimum absolute atomic E-state index is 0.114. The van der Waals surface area contributed by atoms with Gasteiger partial charge >= 0.3 is 0 Å². The first-order chi connectivity index (χ1) is 6.70. The lowest BCUT2D eigenvalue weighted by Crippen LogP contribution is -2.50. The van der Waals surface area contributed by atoms with Crippen LogP contribution in [-0.2, 0) is 9.59 Å². The van der Waals surface area contributed by atoms with Gasteiger partial charge in [-0.25, -0.2) is 0 Å². The monoisotopic (exact) mass is 199 g/mol. The normalized spacial score (nSPS) is 16.0. The topological polar surface area (TPSA) is 84.2 Å². The summed E-state index contributed by atoms with van der Waals surface area (Å²) in [5.41, 5.74) is 4.98. The first-order valence-corrected chi connectivity index (χ1v) is 4.97. The zero-order chi connectivity index (χ0) is 10.4. The van der Waals surface area contributed by atoms with Crippen molar-refractivity contribution in [3.05, 3.63) is 0 Å². The van der Waals surface area contributed by atoms with Gasteiger partial charge in [0.2, 0.25) is 11.8 Å². The number of carbonyl (C=O) groups is 2. The van der Waals surface area contributed by atoms with E-state index in [0.717, 1.165) is 25.9 Å². The van der Waals surface area contributed by atoms with Crippen molar-refractivity contribution in [2.24, 2.45) is 11.7 Å². The average molecular weight is 199 g/mol. The van der Waals surface area contributed by atoms with Gasteiger partial charge in [0, 0.05) is 26.1 Å². The van der Waals surface area contributed by atoms with E-state index in [-0.39, 0.29) is 17.7 Å². The second-order valence-electron chi connectivity index (χ2n) is 3.57. The van der Waals surface area contributed by atoms with Crippen LogP contribution in [0.2, 0.25) is 0 Å². The highest BCUT2D eigenvalue weighted by Gasteiger charge is 2.23. The Balaban J connectivity index is 1.92. The first kappa shape index (κ1) is 11.0. The minimum Gasteiger partial charge on any atom is -0.370 e. The first-order valence-electron chi connectivity index (χ1n) is 4.97. The van der Waals surface area contributed by atoms with E-state index in [9.17, 15) is 9.59 Å². The van der Waals surface area contributed by atoms with Crippen molar-refractivity contribution in [2.45, 2.75) is 19.3 Å². The lowest BCUT2D eigenvalue weighted by molar-refractivity contribution is -0.126. The van der Waals surface area contributed by atoms with Crippen LogP contribution < -0.4 is 16.4 Å². The predicted octanol–water partition coefficient (Wildman–Crippen LogP) is -1.02. The highest BCUT2D eigenvalue weighted by Crippen LogP contribution is 2.02. The van der Waals surface area contributed by atoms with Crippen molar-refractivity contribution in [1.82, 2.24) is 10.6 Å². The summed E-state index contributed by atoms with van der Waals surface area (Å²) in [4.78, 5) is 21.7. The third-order valence-corrected chi connectivity index (χ3v) is 2.30. The van der Waals surface area contributed by atoms with Gasteiger partial charge in [-0.3, -0.25) is 9.59 Å². The lowest BCUT2D eigenvalue weighted by atomic mass is 10.0. The summed E-state index contributed by atoms with van der Waals surface area (Å²) in [6.45, 7) is 2.21. The molecular formula is C9H17N3O2. The highest BCUT2D eigenvalue weighted by atomic mass is 16.2. The molecule has 4 N–H and O–H groups in total. The Hall–Kier alpha value is -1.10. The molecule has 0 bridgehead atoms. The third kappa shape index (κ3) is 3.74. The molecule has 0 atom stereocenters. The summed E-state index contributed by atoms with van der Waals surface area (Å²) in [5.74, 6) is -0.0199. The van der Waals surface area contributed by atoms with Crippen molar-refractivity contribution in [3.8, 4) is 0 Å². The molecule has 80 valence electrons. The lowest BCUT2D eigenvalue weighted by Gasteiger charge is -2.25. The van der Waals surface area contributed by atoms with Gasteiger partial charge in [-0.05, 0) is 12.8 Å². The number of nitrogens with two attached hydrogens (primary N) is 1. The zero-order valence-corrected chi connectivity index (χ0v) is 8.21. The van der Waals surface area contributed by atoms with Gasteiger partial charge < -0.3 is 16.4 Å². The second kappa shape index (κ2) is 5.59. The maximum absolute atomic E-state index is 11.3. The van der Waals surface area contributed by atoms with Crippen molar-refractivity contribution in [1.29, 1.82) is 0 Å². The largest absolute Gasteiger partial charge is 0.370 e. The Morgan fingerprint density at radius 2 is 2.07 bits per heavy atom. The van der Waals surface area contributed by atoms with E-state index in [1.807, 2.05) is 0 Å². The molecule has 1 rings (SSSR count). The molecule has 1 heterocycles. The van der Waals surface area contributed by atoms with E-state index in [0.29, 0.717) is 13.0 Å². The van der Waals surface area contributed by atoms with E-state index in [1.54, 1.807) is 0 Å². The van der Waals surface area contributed by atoms with Crippen molar-refractivity contribution >= 4 is 11.8 Å². The maximum Gasteiger partial charge on any atom is 0.225 e. The van der Waals surface area contributed by atoms with Crippen LogP contribution in [0.25, 0.3) is 0 Å². The Bertz CT molecular complexity index is 214. The Morgan fingerprint density at radius 1 is 1.36 bits per heavy atom. The van der Waals surface area contributed by atoms with Crippen LogP contribution in [0.5, 0.6) is 0 Å². The molecule has 0 saturated carbocycles. The fourth-order valence-electron chi connectivity index (χ4n) is 1.25. The van der Waals surface area contributed by atoms with Gasteiger partial charge in [-0.2, -0.15) is 0 Å². The molecule has 0 aromatic carbocycles. The van der Waals surface area contributed by atoms with Gasteiger partial charge in [-0.1, -0.05) is 0 Å². The number of amides is 2. The predicted molar refractivity (Wildman–Crippen MR) is 52.4 cm³/mol. The van der Waals surface area contributed by atoms with Crippen LogP contribution in [0.3, 0.4) is 0 Å². The minimum atomic E-state index is -0.278. The van der Waals surface area contributed by atoms with Crippen LogP contribution in [0, 0.1) is 5.92 Å². The van der Waals surface area contributed by atoms with Gasteiger partial charge in [0.1, 0.15) is 0 Å². The molecule has 0 spiro atoms. The molecule has 0 aromatic rings. The molecule has 1 aliphatic heterocycles. The summed E-state index contributed by atoms with van der Waals surface area (Å²) >= 11 is 0. The van der Waals surface area contributed by atoms with E-state index in [4.69, 9.17) is 5.73 Å². The second-order valence-corrected chi connectivity index (χ2v) is 3.57. The summed E-state index contributed by atoms with van der Waals surface area (Å²) in [7, 11) is 0. The van der Waals surface area contributed by atoms with Crippen LogP contribution in [0.4, 0.5) is 0 Å². The maximum atomic E-state index is 11.3. The number of unbranched alkanes of at least 4 members (excludes halogenated alkanes) is 1. The Labute approximate surface area is 83.4 Å². The van der Waals surface area contributed by atoms with Gasteiger partial charge in [0.15, 0.2) is 0 Å². The number of rotatable bonds is 6. The quantitative estimate of drug-likeness (QED) is 0.479. The molecule has 5 heteroatoms. The molecule has 14 heavy (non-hydrogen) atoms. The summed E-state index contributed by atoms with van der Waals surface area (Å²) in [5, 5.41) is 5.86. The summed E-state index contributed by atoms with van der Waals surface area (Å²) in [6.07, 6.45) is 1.97. The van der Waals surface area contributed by atoms with Crippen LogP contribution in [0.15, 0.2) is 0 Å². The molecule has 2 amide bonds. The number of primary amides is 1. The molecule has 1 fully saturated rings. The van der Waals surface area contributed by atoms with Crippen LogP contribution in [-0.4, -0.2) is 31.4 Å². The van der Waals surface area contributed by atoms with Crippen molar-refractivity contribution in [2.75, 3.05) is 19.6 Å². The number of hydrogen-bond acceptors (Lipinski definition) is 3.